The van der Waals surface area contributed by atoms with Gasteiger partial charge in [-0.15, -0.1) is 0 Å². The highest BCUT2D eigenvalue weighted by molar-refractivity contribution is 6.02. The average Bonchev–Trinajstić information content (AvgIpc) is 2.62. The maximum Gasteiger partial charge on any atom is 0.235 e. The molecule has 0 radical (unpaired) electrons. The van der Waals surface area contributed by atoms with Gasteiger partial charge in [-0.1, -0.05) is 45.4 Å². The molecule has 2 unspecified atom stereocenters. The number of hydrogen-bond acceptors (Lipinski definition) is 2. The Labute approximate surface area is 157 Å². The molecule has 3 heteroatoms. The van der Waals surface area contributed by atoms with Gasteiger partial charge in [-0.3, -0.25) is 9.69 Å². The summed E-state index contributed by atoms with van der Waals surface area (Å²) in [7, 11) is 1.65. The predicted octanol–water partition coefficient (Wildman–Crippen LogP) is 5.82. The third kappa shape index (κ3) is 3.62. The lowest BCUT2D eigenvalue weighted by Gasteiger charge is -2.44. The molecular weight excluding hydrogens is 322 g/mol. The Bertz CT molecular complexity index is 737. The lowest BCUT2D eigenvalue weighted by molar-refractivity contribution is -0.129. The fourth-order valence-electron chi connectivity index (χ4n) is 4.40. The van der Waals surface area contributed by atoms with E-state index in [2.05, 4.69) is 20.8 Å². The van der Waals surface area contributed by atoms with E-state index < -0.39 is 0 Å². The van der Waals surface area contributed by atoms with E-state index >= 15 is 0 Å². The molecule has 0 aliphatic heterocycles. The number of methoxy groups -OCH3 is 1. The largest absolute Gasteiger partial charge is 0.497 e. The monoisotopic (exact) mass is 351 g/mol. The standard InChI is InChI=1S/C23H29NO2/c1-17-9-8-16-23(2,3)21(17)22(25)24(18-10-6-5-7-11-18)19-12-14-20(26-4)15-13-19/h5-7,10-15,17,21H,8-9,16H2,1-4H3. The van der Waals surface area contributed by atoms with Gasteiger partial charge in [0.05, 0.1) is 7.11 Å². The van der Waals surface area contributed by atoms with Crippen LogP contribution >= 0.6 is 0 Å². The number of carbonyl (C=O) groups excluding carboxylic acids is 1. The molecular formula is C23H29NO2. The van der Waals surface area contributed by atoms with Crippen LogP contribution in [0.15, 0.2) is 54.6 Å². The van der Waals surface area contributed by atoms with Crippen LogP contribution in [0.4, 0.5) is 11.4 Å². The fraction of sp³-hybridized carbons (Fsp3) is 0.435. The molecule has 1 amide bonds. The molecule has 3 nitrogen and oxygen atoms in total. The lowest BCUT2D eigenvalue weighted by Crippen LogP contribution is -2.45. The SMILES string of the molecule is COc1ccc(N(C(=O)C2C(C)CCCC2(C)C)c2ccccc2)cc1. The van der Waals surface area contributed by atoms with Gasteiger partial charge in [-0.25, -0.2) is 0 Å². The van der Waals surface area contributed by atoms with Crippen molar-refractivity contribution >= 4 is 17.3 Å². The van der Waals surface area contributed by atoms with Crippen LogP contribution in [0, 0.1) is 17.3 Å². The summed E-state index contributed by atoms with van der Waals surface area (Å²) in [5.41, 5.74) is 1.81. The van der Waals surface area contributed by atoms with Crippen molar-refractivity contribution in [2.24, 2.45) is 17.3 Å². The molecule has 26 heavy (non-hydrogen) atoms. The van der Waals surface area contributed by atoms with Crippen LogP contribution in [0.5, 0.6) is 5.75 Å². The molecule has 1 fully saturated rings. The maximum absolute atomic E-state index is 13.8. The Morgan fingerprint density at radius 2 is 1.65 bits per heavy atom. The minimum atomic E-state index is 0.00819. The van der Waals surface area contributed by atoms with E-state index in [9.17, 15) is 4.79 Å². The molecule has 0 N–H and O–H groups in total. The van der Waals surface area contributed by atoms with Crippen molar-refractivity contribution < 1.29 is 9.53 Å². The first-order valence-electron chi connectivity index (χ1n) is 9.47. The first-order valence-corrected chi connectivity index (χ1v) is 9.47. The van der Waals surface area contributed by atoms with Crippen molar-refractivity contribution in [1.82, 2.24) is 0 Å². The van der Waals surface area contributed by atoms with Crippen LogP contribution < -0.4 is 9.64 Å². The summed E-state index contributed by atoms with van der Waals surface area (Å²) in [6.07, 6.45) is 3.41. The summed E-state index contributed by atoms with van der Waals surface area (Å²) in [6, 6.07) is 17.7. The van der Waals surface area contributed by atoms with Gasteiger partial charge in [-0.05, 0) is 60.6 Å². The summed E-state index contributed by atoms with van der Waals surface area (Å²) in [4.78, 5) is 15.7. The number of hydrogen-bond donors (Lipinski definition) is 0. The highest BCUT2D eigenvalue weighted by Crippen LogP contribution is 2.46. The minimum Gasteiger partial charge on any atom is -0.497 e. The molecule has 0 heterocycles. The second kappa shape index (κ2) is 7.53. The molecule has 2 aromatic rings. The molecule has 3 rings (SSSR count). The number of amides is 1. The quantitative estimate of drug-likeness (QED) is 0.694. The first-order chi connectivity index (χ1) is 12.4. The fourth-order valence-corrected chi connectivity index (χ4v) is 4.40. The Kier molecular flexibility index (Phi) is 5.36. The van der Waals surface area contributed by atoms with E-state index in [-0.39, 0.29) is 17.2 Å². The topological polar surface area (TPSA) is 29.5 Å². The van der Waals surface area contributed by atoms with E-state index in [4.69, 9.17) is 4.74 Å². The highest BCUT2D eigenvalue weighted by atomic mass is 16.5. The van der Waals surface area contributed by atoms with Crippen molar-refractivity contribution in [3.05, 3.63) is 54.6 Å². The van der Waals surface area contributed by atoms with Crippen molar-refractivity contribution in [2.75, 3.05) is 12.0 Å². The molecule has 0 spiro atoms. The molecule has 0 bridgehead atoms. The number of benzene rings is 2. The third-order valence-electron chi connectivity index (χ3n) is 5.72. The normalized spacial score (nSPS) is 21.8. The Hall–Kier alpha value is -2.29. The van der Waals surface area contributed by atoms with Crippen molar-refractivity contribution in [2.45, 2.75) is 40.0 Å². The van der Waals surface area contributed by atoms with Crippen LogP contribution in [0.1, 0.15) is 40.0 Å². The zero-order valence-electron chi connectivity index (χ0n) is 16.2. The zero-order valence-corrected chi connectivity index (χ0v) is 16.2. The predicted molar refractivity (Wildman–Crippen MR) is 107 cm³/mol. The first kappa shape index (κ1) is 18.5. The number of carbonyl (C=O) groups is 1. The average molecular weight is 351 g/mol. The molecule has 2 aromatic carbocycles. The molecule has 2 atom stereocenters. The van der Waals surface area contributed by atoms with Crippen LogP contribution in [-0.4, -0.2) is 13.0 Å². The van der Waals surface area contributed by atoms with Gasteiger partial charge < -0.3 is 4.74 Å². The summed E-state index contributed by atoms with van der Waals surface area (Å²) in [5, 5.41) is 0. The van der Waals surface area contributed by atoms with Crippen molar-refractivity contribution in [3.63, 3.8) is 0 Å². The molecule has 1 aliphatic rings. The van der Waals surface area contributed by atoms with Crippen LogP contribution in [-0.2, 0) is 4.79 Å². The second-order valence-electron chi connectivity index (χ2n) is 8.04. The number of ether oxygens (including phenoxy) is 1. The number of rotatable bonds is 4. The smallest absolute Gasteiger partial charge is 0.235 e. The minimum absolute atomic E-state index is 0.00819. The van der Waals surface area contributed by atoms with E-state index in [0.717, 1.165) is 30.0 Å². The van der Waals surface area contributed by atoms with E-state index in [1.165, 1.54) is 6.42 Å². The van der Waals surface area contributed by atoms with Gasteiger partial charge in [0.25, 0.3) is 0 Å². The Morgan fingerprint density at radius 1 is 1.04 bits per heavy atom. The molecule has 138 valence electrons. The van der Waals surface area contributed by atoms with Gasteiger partial charge in [-0.2, -0.15) is 0 Å². The molecule has 1 saturated carbocycles. The second-order valence-corrected chi connectivity index (χ2v) is 8.04. The van der Waals surface area contributed by atoms with Gasteiger partial charge in [0.2, 0.25) is 5.91 Å². The number of anilines is 2. The van der Waals surface area contributed by atoms with Gasteiger partial charge >= 0.3 is 0 Å². The van der Waals surface area contributed by atoms with Gasteiger partial charge in [0.1, 0.15) is 5.75 Å². The van der Waals surface area contributed by atoms with E-state index in [1.54, 1.807) is 7.11 Å². The van der Waals surface area contributed by atoms with Crippen molar-refractivity contribution in [1.29, 1.82) is 0 Å². The van der Waals surface area contributed by atoms with E-state index in [0.29, 0.717) is 5.92 Å². The lowest BCUT2D eigenvalue weighted by atomic mass is 9.63. The van der Waals surface area contributed by atoms with Gasteiger partial charge in [0, 0.05) is 17.3 Å². The summed E-state index contributed by atoms with van der Waals surface area (Å²) in [6.45, 7) is 6.70. The number of nitrogens with zero attached hydrogens (tertiary/aromatic N) is 1. The zero-order chi connectivity index (χ0) is 18.7. The van der Waals surface area contributed by atoms with Gasteiger partial charge in [0.15, 0.2) is 0 Å². The number of para-hydroxylation sites is 1. The summed E-state index contributed by atoms with van der Waals surface area (Å²) in [5.74, 6) is 1.38. The molecule has 0 aromatic heterocycles. The molecule has 0 saturated heterocycles. The van der Waals surface area contributed by atoms with Crippen LogP contribution in [0.3, 0.4) is 0 Å². The highest BCUT2D eigenvalue weighted by Gasteiger charge is 2.43. The summed E-state index contributed by atoms with van der Waals surface area (Å²) >= 11 is 0. The Balaban J connectivity index is 2.03. The summed E-state index contributed by atoms with van der Waals surface area (Å²) < 4.78 is 5.28. The van der Waals surface area contributed by atoms with Crippen LogP contribution in [0.25, 0.3) is 0 Å². The molecule has 1 aliphatic carbocycles. The maximum atomic E-state index is 13.8. The van der Waals surface area contributed by atoms with Crippen molar-refractivity contribution in [3.8, 4) is 5.75 Å². The Morgan fingerprint density at radius 3 is 2.23 bits per heavy atom. The van der Waals surface area contributed by atoms with Crippen LogP contribution in [0.2, 0.25) is 0 Å². The third-order valence-corrected chi connectivity index (χ3v) is 5.72. The van der Waals surface area contributed by atoms with E-state index in [1.807, 2.05) is 59.5 Å².